The highest BCUT2D eigenvalue weighted by atomic mass is 16.5. The molecule has 0 radical (unpaired) electrons. The van der Waals surface area contributed by atoms with Gasteiger partial charge >= 0.3 is 0 Å². The molecule has 1 N–H and O–H groups in total. The fraction of sp³-hybridized carbons (Fsp3) is 0.625. The van der Waals surface area contributed by atoms with E-state index in [1.807, 2.05) is 0 Å². The summed E-state index contributed by atoms with van der Waals surface area (Å²) in [6.07, 6.45) is 1.05. The molecule has 0 heterocycles. The van der Waals surface area contributed by atoms with Gasteiger partial charge < -0.3 is 14.8 Å². The molecule has 0 aliphatic heterocycles. The predicted molar refractivity (Wildman–Crippen MR) is 79.4 cm³/mol. The molecule has 0 saturated heterocycles. The van der Waals surface area contributed by atoms with Crippen molar-refractivity contribution in [2.24, 2.45) is 5.92 Å². The van der Waals surface area contributed by atoms with E-state index in [1.54, 1.807) is 7.11 Å². The SMILES string of the molecule is COCCOCc1ccccc1CCNCC(C)C. The van der Waals surface area contributed by atoms with Gasteiger partial charge in [-0.3, -0.25) is 0 Å². The third kappa shape index (κ3) is 7.31. The Labute approximate surface area is 117 Å². The van der Waals surface area contributed by atoms with Crippen LogP contribution in [0.25, 0.3) is 0 Å². The summed E-state index contributed by atoms with van der Waals surface area (Å²) in [7, 11) is 1.69. The van der Waals surface area contributed by atoms with Crippen LogP contribution in [0.15, 0.2) is 24.3 Å². The summed E-state index contributed by atoms with van der Waals surface area (Å²) >= 11 is 0. The number of hydrogen-bond donors (Lipinski definition) is 1. The van der Waals surface area contributed by atoms with Crippen molar-refractivity contribution in [2.45, 2.75) is 26.9 Å². The molecule has 3 nitrogen and oxygen atoms in total. The third-order valence-electron chi connectivity index (χ3n) is 2.93. The van der Waals surface area contributed by atoms with Gasteiger partial charge in [0.2, 0.25) is 0 Å². The maximum Gasteiger partial charge on any atom is 0.0720 e. The number of nitrogens with one attached hydrogen (secondary N) is 1. The van der Waals surface area contributed by atoms with Crippen LogP contribution in [-0.4, -0.2) is 33.4 Å². The highest BCUT2D eigenvalue weighted by Crippen LogP contribution is 2.10. The lowest BCUT2D eigenvalue weighted by atomic mass is 10.1. The maximum atomic E-state index is 5.60. The van der Waals surface area contributed by atoms with Crippen molar-refractivity contribution >= 4 is 0 Å². The summed E-state index contributed by atoms with van der Waals surface area (Å²) in [5.74, 6) is 0.702. The van der Waals surface area contributed by atoms with Gasteiger partial charge in [0.1, 0.15) is 0 Å². The average molecular weight is 265 g/mol. The van der Waals surface area contributed by atoms with Crippen LogP contribution in [0.3, 0.4) is 0 Å². The van der Waals surface area contributed by atoms with Gasteiger partial charge in [-0.25, -0.2) is 0 Å². The van der Waals surface area contributed by atoms with E-state index in [2.05, 4.69) is 43.4 Å². The second kappa shape index (κ2) is 9.96. The van der Waals surface area contributed by atoms with Crippen molar-refractivity contribution in [3.05, 3.63) is 35.4 Å². The van der Waals surface area contributed by atoms with Crippen LogP contribution in [0.5, 0.6) is 0 Å². The number of hydrogen-bond acceptors (Lipinski definition) is 3. The monoisotopic (exact) mass is 265 g/mol. The summed E-state index contributed by atoms with van der Waals surface area (Å²) in [6.45, 7) is 8.52. The third-order valence-corrected chi connectivity index (χ3v) is 2.93. The Morgan fingerprint density at radius 1 is 1.11 bits per heavy atom. The van der Waals surface area contributed by atoms with Crippen LogP contribution in [0.4, 0.5) is 0 Å². The van der Waals surface area contributed by atoms with Gasteiger partial charge in [-0.1, -0.05) is 38.1 Å². The van der Waals surface area contributed by atoms with Gasteiger partial charge in [0, 0.05) is 7.11 Å². The molecule has 0 aliphatic carbocycles. The lowest BCUT2D eigenvalue weighted by Gasteiger charge is -2.11. The predicted octanol–water partition coefficient (Wildman–Crippen LogP) is 2.64. The molecule has 0 saturated carbocycles. The molecule has 108 valence electrons. The number of ether oxygens (including phenoxy) is 2. The summed E-state index contributed by atoms with van der Waals surface area (Å²) < 4.78 is 10.6. The van der Waals surface area contributed by atoms with Gasteiger partial charge in [0.25, 0.3) is 0 Å². The van der Waals surface area contributed by atoms with E-state index in [1.165, 1.54) is 11.1 Å². The molecule has 1 aromatic carbocycles. The van der Waals surface area contributed by atoms with Crippen LogP contribution in [-0.2, 0) is 22.5 Å². The standard InChI is InChI=1S/C16H27NO2/c1-14(2)12-17-9-8-15-6-4-5-7-16(15)13-19-11-10-18-3/h4-7,14,17H,8-13H2,1-3H3. The molecule has 0 amide bonds. The Bertz CT molecular complexity index is 339. The molecule has 0 bridgehead atoms. The topological polar surface area (TPSA) is 30.5 Å². The second-order valence-corrected chi connectivity index (χ2v) is 5.16. The van der Waals surface area contributed by atoms with Crippen LogP contribution >= 0.6 is 0 Å². The fourth-order valence-electron chi connectivity index (χ4n) is 1.88. The minimum absolute atomic E-state index is 0.649. The Hall–Kier alpha value is -0.900. The Morgan fingerprint density at radius 3 is 2.53 bits per heavy atom. The molecule has 0 aliphatic rings. The van der Waals surface area contributed by atoms with Crippen molar-refractivity contribution in [3.8, 4) is 0 Å². The Kier molecular flexibility index (Phi) is 8.47. The highest BCUT2D eigenvalue weighted by Gasteiger charge is 2.02. The average Bonchev–Trinajstić information content (AvgIpc) is 2.41. The van der Waals surface area contributed by atoms with Crippen LogP contribution in [0.2, 0.25) is 0 Å². The zero-order valence-electron chi connectivity index (χ0n) is 12.4. The number of methoxy groups -OCH3 is 1. The fourth-order valence-corrected chi connectivity index (χ4v) is 1.88. The van der Waals surface area contributed by atoms with Gasteiger partial charge in [0.15, 0.2) is 0 Å². The van der Waals surface area contributed by atoms with E-state index in [0.717, 1.165) is 19.5 Å². The molecule has 1 rings (SSSR count). The number of benzene rings is 1. The van der Waals surface area contributed by atoms with E-state index in [9.17, 15) is 0 Å². The van der Waals surface area contributed by atoms with Gasteiger partial charge in [-0.05, 0) is 36.6 Å². The molecule has 0 spiro atoms. The largest absolute Gasteiger partial charge is 0.382 e. The molecular weight excluding hydrogens is 238 g/mol. The normalized spacial score (nSPS) is 11.2. The van der Waals surface area contributed by atoms with E-state index in [0.29, 0.717) is 25.7 Å². The Morgan fingerprint density at radius 2 is 1.84 bits per heavy atom. The van der Waals surface area contributed by atoms with E-state index in [4.69, 9.17) is 9.47 Å². The first-order valence-electron chi connectivity index (χ1n) is 7.08. The lowest BCUT2D eigenvalue weighted by molar-refractivity contribution is 0.0613. The van der Waals surface area contributed by atoms with Crippen LogP contribution in [0.1, 0.15) is 25.0 Å². The molecule has 0 fully saturated rings. The minimum atomic E-state index is 0.649. The summed E-state index contributed by atoms with van der Waals surface area (Å²) in [4.78, 5) is 0. The zero-order valence-corrected chi connectivity index (χ0v) is 12.4. The maximum absolute atomic E-state index is 5.60. The van der Waals surface area contributed by atoms with Crippen LogP contribution < -0.4 is 5.32 Å². The van der Waals surface area contributed by atoms with Crippen molar-refractivity contribution in [2.75, 3.05) is 33.4 Å². The van der Waals surface area contributed by atoms with Gasteiger partial charge in [-0.15, -0.1) is 0 Å². The lowest BCUT2D eigenvalue weighted by Crippen LogP contribution is -2.22. The summed E-state index contributed by atoms with van der Waals surface area (Å²) in [5.41, 5.74) is 2.65. The highest BCUT2D eigenvalue weighted by molar-refractivity contribution is 5.26. The first-order valence-corrected chi connectivity index (χ1v) is 7.08. The van der Waals surface area contributed by atoms with Crippen LogP contribution in [0, 0.1) is 5.92 Å². The van der Waals surface area contributed by atoms with E-state index >= 15 is 0 Å². The molecule has 0 atom stereocenters. The second-order valence-electron chi connectivity index (χ2n) is 5.16. The summed E-state index contributed by atoms with van der Waals surface area (Å²) in [6, 6.07) is 8.49. The Balaban J connectivity index is 2.35. The molecule has 3 heteroatoms. The van der Waals surface area contributed by atoms with Crippen molar-refractivity contribution in [1.29, 1.82) is 0 Å². The van der Waals surface area contributed by atoms with Gasteiger partial charge in [-0.2, -0.15) is 0 Å². The van der Waals surface area contributed by atoms with Crippen molar-refractivity contribution in [1.82, 2.24) is 5.32 Å². The molecular formula is C16H27NO2. The number of rotatable bonds is 10. The zero-order chi connectivity index (χ0) is 13.9. The first-order chi connectivity index (χ1) is 9.24. The molecule has 19 heavy (non-hydrogen) atoms. The minimum Gasteiger partial charge on any atom is -0.382 e. The van der Waals surface area contributed by atoms with Crippen molar-refractivity contribution < 1.29 is 9.47 Å². The smallest absolute Gasteiger partial charge is 0.0720 e. The van der Waals surface area contributed by atoms with Gasteiger partial charge in [0.05, 0.1) is 19.8 Å². The first kappa shape index (κ1) is 16.2. The van der Waals surface area contributed by atoms with E-state index in [-0.39, 0.29) is 0 Å². The molecule has 0 aromatic heterocycles. The van der Waals surface area contributed by atoms with Crippen molar-refractivity contribution in [3.63, 3.8) is 0 Å². The molecule has 1 aromatic rings. The van der Waals surface area contributed by atoms with E-state index < -0.39 is 0 Å². The quantitative estimate of drug-likeness (QED) is 0.660. The summed E-state index contributed by atoms with van der Waals surface area (Å²) in [5, 5.41) is 3.48. The molecule has 0 unspecified atom stereocenters.